The number of nitrogens with one attached hydrogen (secondary N) is 2. The van der Waals surface area contributed by atoms with Crippen LogP contribution in [0.4, 0.5) is 0 Å². The molecule has 0 bridgehead atoms. The van der Waals surface area contributed by atoms with E-state index in [1.165, 1.54) is 0 Å². The van der Waals surface area contributed by atoms with Crippen LogP contribution >= 0.6 is 0 Å². The summed E-state index contributed by atoms with van der Waals surface area (Å²) in [5, 5.41) is 15.4. The summed E-state index contributed by atoms with van der Waals surface area (Å²) in [6.07, 6.45) is 2.59. The SMILES string of the molecule is CCNC(=NCC(C)CO)NCC1CCCO1. The predicted molar refractivity (Wildman–Crippen MR) is 69.2 cm³/mol. The van der Waals surface area contributed by atoms with Crippen LogP contribution in [0.5, 0.6) is 0 Å². The lowest BCUT2D eigenvalue weighted by atomic mass is 10.2. The fourth-order valence-electron chi connectivity index (χ4n) is 1.66. The van der Waals surface area contributed by atoms with Gasteiger partial charge in [-0.3, -0.25) is 4.99 Å². The molecule has 0 spiro atoms. The first-order valence-corrected chi connectivity index (χ1v) is 6.50. The van der Waals surface area contributed by atoms with E-state index in [9.17, 15) is 0 Å². The fraction of sp³-hybridized carbons (Fsp3) is 0.917. The highest BCUT2D eigenvalue weighted by atomic mass is 16.5. The summed E-state index contributed by atoms with van der Waals surface area (Å²) >= 11 is 0. The molecule has 1 rings (SSSR count). The Labute approximate surface area is 104 Å². The van der Waals surface area contributed by atoms with E-state index < -0.39 is 0 Å². The van der Waals surface area contributed by atoms with Crippen molar-refractivity contribution >= 4 is 5.96 Å². The topological polar surface area (TPSA) is 65.9 Å². The first kappa shape index (κ1) is 14.3. The van der Waals surface area contributed by atoms with Crippen molar-refractivity contribution in [3.63, 3.8) is 0 Å². The van der Waals surface area contributed by atoms with Gasteiger partial charge < -0.3 is 20.5 Å². The van der Waals surface area contributed by atoms with E-state index in [4.69, 9.17) is 9.84 Å². The number of aliphatic hydroxyl groups is 1. The maximum absolute atomic E-state index is 8.95. The minimum absolute atomic E-state index is 0.175. The molecule has 0 aliphatic carbocycles. The van der Waals surface area contributed by atoms with Gasteiger partial charge in [0.1, 0.15) is 0 Å². The molecular weight excluding hydrogens is 218 g/mol. The van der Waals surface area contributed by atoms with Gasteiger partial charge in [0.25, 0.3) is 0 Å². The first-order valence-electron chi connectivity index (χ1n) is 6.50. The third-order valence-electron chi connectivity index (χ3n) is 2.74. The van der Waals surface area contributed by atoms with Crippen LogP contribution in [0, 0.1) is 5.92 Å². The van der Waals surface area contributed by atoms with Crippen molar-refractivity contribution in [3.8, 4) is 0 Å². The summed E-state index contributed by atoms with van der Waals surface area (Å²) in [4.78, 5) is 4.42. The molecule has 17 heavy (non-hydrogen) atoms. The van der Waals surface area contributed by atoms with Crippen LogP contribution in [0.25, 0.3) is 0 Å². The Hall–Kier alpha value is -0.810. The van der Waals surface area contributed by atoms with Crippen LogP contribution in [0.2, 0.25) is 0 Å². The van der Waals surface area contributed by atoms with Crippen LogP contribution < -0.4 is 10.6 Å². The van der Waals surface area contributed by atoms with Crippen molar-refractivity contribution < 1.29 is 9.84 Å². The van der Waals surface area contributed by atoms with Crippen LogP contribution in [0.15, 0.2) is 4.99 Å². The lowest BCUT2D eigenvalue weighted by Crippen LogP contribution is -2.41. The highest BCUT2D eigenvalue weighted by molar-refractivity contribution is 5.79. The average Bonchev–Trinajstić information content (AvgIpc) is 2.85. The molecule has 0 saturated carbocycles. The van der Waals surface area contributed by atoms with Crippen molar-refractivity contribution in [1.29, 1.82) is 0 Å². The highest BCUT2D eigenvalue weighted by Crippen LogP contribution is 2.10. The van der Waals surface area contributed by atoms with E-state index in [0.29, 0.717) is 12.6 Å². The smallest absolute Gasteiger partial charge is 0.191 e. The van der Waals surface area contributed by atoms with Crippen LogP contribution in [-0.2, 0) is 4.74 Å². The molecule has 1 aliphatic heterocycles. The number of hydrogen-bond acceptors (Lipinski definition) is 3. The van der Waals surface area contributed by atoms with Crippen molar-refractivity contribution in [3.05, 3.63) is 0 Å². The van der Waals surface area contributed by atoms with Crippen molar-refractivity contribution in [2.24, 2.45) is 10.9 Å². The van der Waals surface area contributed by atoms with E-state index >= 15 is 0 Å². The summed E-state index contributed by atoms with van der Waals surface area (Å²) < 4.78 is 5.54. The summed E-state index contributed by atoms with van der Waals surface area (Å²) in [7, 11) is 0. The Kier molecular flexibility index (Phi) is 6.96. The molecule has 100 valence electrons. The monoisotopic (exact) mass is 243 g/mol. The normalized spacial score (nSPS) is 22.5. The Morgan fingerprint density at radius 2 is 2.35 bits per heavy atom. The van der Waals surface area contributed by atoms with Gasteiger partial charge >= 0.3 is 0 Å². The zero-order valence-electron chi connectivity index (χ0n) is 10.9. The van der Waals surface area contributed by atoms with Crippen LogP contribution in [0.3, 0.4) is 0 Å². The Balaban J connectivity index is 2.30. The van der Waals surface area contributed by atoms with Gasteiger partial charge in [-0.2, -0.15) is 0 Å². The van der Waals surface area contributed by atoms with Crippen molar-refractivity contribution in [2.45, 2.75) is 32.8 Å². The number of hydrogen-bond donors (Lipinski definition) is 3. The van der Waals surface area contributed by atoms with Gasteiger partial charge in [0, 0.05) is 32.8 Å². The number of guanidine groups is 1. The van der Waals surface area contributed by atoms with Gasteiger partial charge in [0.05, 0.1) is 6.10 Å². The van der Waals surface area contributed by atoms with Crippen LogP contribution in [-0.4, -0.2) is 50.0 Å². The zero-order chi connectivity index (χ0) is 12.5. The number of nitrogens with zero attached hydrogens (tertiary/aromatic N) is 1. The van der Waals surface area contributed by atoms with E-state index in [-0.39, 0.29) is 12.5 Å². The summed E-state index contributed by atoms with van der Waals surface area (Å²) in [5.74, 6) is 1.01. The average molecular weight is 243 g/mol. The van der Waals surface area contributed by atoms with Gasteiger partial charge in [-0.25, -0.2) is 0 Å². The number of aliphatic imine (C=N–C) groups is 1. The van der Waals surface area contributed by atoms with E-state index in [1.54, 1.807) is 0 Å². The summed E-state index contributed by atoms with van der Waals surface area (Å²) in [6, 6.07) is 0. The summed E-state index contributed by atoms with van der Waals surface area (Å²) in [5.41, 5.74) is 0. The summed E-state index contributed by atoms with van der Waals surface area (Å²) in [6.45, 7) is 7.35. The van der Waals surface area contributed by atoms with Crippen molar-refractivity contribution in [1.82, 2.24) is 10.6 Å². The molecule has 0 amide bonds. The first-order chi connectivity index (χ1) is 8.26. The maximum atomic E-state index is 8.95. The van der Waals surface area contributed by atoms with Gasteiger partial charge in [0.15, 0.2) is 5.96 Å². The van der Waals surface area contributed by atoms with Crippen molar-refractivity contribution in [2.75, 3.05) is 32.8 Å². The lowest BCUT2D eigenvalue weighted by Gasteiger charge is -2.15. The molecule has 1 aliphatic rings. The number of aliphatic hydroxyl groups excluding tert-OH is 1. The Morgan fingerprint density at radius 1 is 1.53 bits per heavy atom. The second-order valence-corrected chi connectivity index (χ2v) is 4.52. The molecule has 2 unspecified atom stereocenters. The molecule has 1 fully saturated rings. The van der Waals surface area contributed by atoms with E-state index in [0.717, 1.165) is 38.5 Å². The van der Waals surface area contributed by atoms with Gasteiger partial charge in [-0.05, 0) is 25.7 Å². The fourth-order valence-corrected chi connectivity index (χ4v) is 1.66. The standard InChI is InChI=1S/C12H25N3O2/c1-3-13-12(14-7-10(2)9-16)15-8-11-5-4-6-17-11/h10-11,16H,3-9H2,1-2H3,(H2,13,14,15). The third-order valence-corrected chi connectivity index (χ3v) is 2.74. The predicted octanol–water partition coefficient (Wildman–Crippen LogP) is 0.349. The quantitative estimate of drug-likeness (QED) is 0.465. The largest absolute Gasteiger partial charge is 0.396 e. The van der Waals surface area contributed by atoms with Gasteiger partial charge in [-0.15, -0.1) is 0 Å². The van der Waals surface area contributed by atoms with E-state index in [1.807, 2.05) is 13.8 Å². The zero-order valence-corrected chi connectivity index (χ0v) is 10.9. The molecule has 1 heterocycles. The second-order valence-electron chi connectivity index (χ2n) is 4.52. The molecule has 5 heteroatoms. The molecule has 5 nitrogen and oxygen atoms in total. The highest BCUT2D eigenvalue weighted by Gasteiger charge is 2.15. The Bertz CT molecular complexity index is 228. The lowest BCUT2D eigenvalue weighted by molar-refractivity contribution is 0.113. The molecule has 1 saturated heterocycles. The second kappa shape index (κ2) is 8.31. The van der Waals surface area contributed by atoms with Crippen LogP contribution in [0.1, 0.15) is 26.7 Å². The Morgan fingerprint density at radius 3 is 2.94 bits per heavy atom. The van der Waals surface area contributed by atoms with Gasteiger partial charge in [-0.1, -0.05) is 6.92 Å². The maximum Gasteiger partial charge on any atom is 0.191 e. The molecule has 3 N–H and O–H groups in total. The molecular formula is C12H25N3O2. The van der Waals surface area contributed by atoms with Gasteiger partial charge in [0.2, 0.25) is 0 Å². The number of ether oxygens (including phenoxy) is 1. The molecule has 0 radical (unpaired) electrons. The molecule has 0 aromatic rings. The minimum Gasteiger partial charge on any atom is -0.396 e. The molecule has 0 aromatic heterocycles. The number of rotatable bonds is 6. The van der Waals surface area contributed by atoms with E-state index in [2.05, 4.69) is 15.6 Å². The third kappa shape index (κ3) is 5.89. The minimum atomic E-state index is 0.175. The molecule has 0 aromatic carbocycles. The molecule has 2 atom stereocenters.